The summed E-state index contributed by atoms with van der Waals surface area (Å²) in [6, 6.07) is 0. The van der Waals surface area contributed by atoms with E-state index in [4.69, 9.17) is 4.74 Å². The monoisotopic (exact) mass is 427 g/mol. The molecule has 0 spiro atoms. The number of aromatic nitrogens is 2. The molecule has 0 atom stereocenters. The van der Waals surface area contributed by atoms with Crippen LogP contribution in [-0.2, 0) is 10.9 Å². The van der Waals surface area contributed by atoms with Crippen molar-refractivity contribution in [1.82, 2.24) is 9.97 Å². The number of nitrogens with one attached hydrogen (secondary N) is 2. The van der Waals surface area contributed by atoms with Crippen molar-refractivity contribution in [2.24, 2.45) is 0 Å². The van der Waals surface area contributed by atoms with Gasteiger partial charge in [-0.25, -0.2) is 9.78 Å². The van der Waals surface area contributed by atoms with Crippen LogP contribution in [0, 0.1) is 3.57 Å². The fourth-order valence-electron chi connectivity index (χ4n) is 1.81. The lowest BCUT2D eigenvalue weighted by Crippen LogP contribution is -2.28. The molecule has 2 rings (SSSR count). The normalized spacial score (nSPS) is 12.5. The van der Waals surface area contributed by atoms with E-state index in [2.05, 4.69) is 15.3 Å². The first-order valence-corrected chi connectivity index (χ1v) is 7.29. The summed E-state index contributed by atoms with van der Waals surface area (Å²) < 4.78 is 45.0. The number of fused-ring (bicyclic) bond motifs is 1. The molecule has 22 heavy (non-hydrogen) atoms. The highest BCUT2D eigenvalue weighted by atomic mass is 127. The highest BCUT2D eigenvalue weighted by molar-refractivity contribution is 14.1. The van der Waals surface area contributed by atoms with Gasteiger partial charge in [-0.15, -0.1) is 0 Å². The number of amides is 1. The fraction of sp³-hybridized carbons (Fsp3) is 0.385. The van der Waals surface area contributed by atoms with Crippen molar-refractivity contribution in [1.29, 1.82) is 0 Å². The molecular weight excluding hydrogens is 414 g/mol. The zero-order valence-corrected chi connectivity index (χ0v) is 14.1. The lowest BCUT2D eigenvalue weighted by molar-refractivity contribution is -0.137. The number of rotatable bonds is 1. The maximum atomic E-state index is 13.2. The Morgan fingerprint density at radius 1 is 1.36 bits per heavy atom. The third-order valence-electron chi connectivity index (χ3n) is 2.58. The first kappa shape index (κ1) is 16.8. The van der Waals surface area contributed by atoms with Crippen LogP contribution < -0.4 is 5.32 Å². The predicted octanol–water partition coefficient (Wildman–Crippen LogP) is 4.53. The van der Waals surface area contributed by atoms with E-state index in [1.165, 1.54) is 6.20 Å². The van der Waals surface area contributed by atoms with Crippen molar-refractivity contribution in [2.45, 2.75) is 32.5 Å². The van der Waals surface area contributed by atoms with E-state index in [9.17, 15) is 18.0 Å². The van der Waals surface area contributed by atoms with Crippen molar-refractivity contribution < 1.29 is 22.7 Å². The molecule has 9 heteroatoms. The molecule has 0 radical (unpaired) electrons. The molecule has 2 heterocycles. The molecule has 0 fully saturated rings. The summed E-state index contributed by atoms with van der Waals surface area (Å²) in [6.07, 6.45) is -3.41. The highest BCUT2D eigenvalue weighted by Gasteiger charge is 2.36. The first-order chi connectivity index (χ1) is 9.99. The van der Waals surface area contributed by atoms with E-state index in [-0.39, 0.29) is 16.7 Å². The number of nitrogens with zero attached hydrogens (tertiary/aromatic N) is 1. The molecule has 0 aliphatic heterocycles. The molecule has 0 aromatic carbocycles. The quantitative estimate of drug-likeness (QED) is 0.658. The lowest BCUT2D eigenvalue weighted by Gasteiger charge is -2.21. The molecule has 2 aromatic heterocycles. The van der Waals surface area contributed by atoms with Gasteiger partial charge in [0.25, 0.3) is 0 Å². The number of anilines is 1. The maximum absolute atomic E-state index is 13.2. The van der Waals surface area contributed by atoms with Crippen LogP contribution in [-0.4, -0.2) is 21.7 Å². The average molecular weight is 427 g/mol. The third-order valence-corrected chi connectivity index (χ3v) is 3.44. The van der Waals surface area contributed by atoms with Gasteiger partial charge >= 0.3 is 12.3 Å². The molecule has 1 amide bonds. The van der Waals surface area contributed by atoms with Gasteiger partial charge in [0.05, 0.1) is 16.6 Å². The Kier molecular flexibility index (Phi) is 4.28. The van der Waals surface area contributed by atoms with Crippen molar-refractivity contribution in [3.05, 3.63) is 21.5 Å². The van der Waals surface area contributed by atoms with Crippen molar-refractivity contribution in [3.8, 4) is 0 Å². The average Bonchev–Trinajstić information content (AvgIpc) is 2.67. The molecule has 2 aromatic rings. The van der Waals surface area contributed by atoms with Crippen molar-refractivity contribution in [3.63, 3.8) is 0 Å². The number of carbonyl (C=O) groups is 1. The molecule has 5 nitrogen and oxygen atoms in total. The standard InChI is InChI=1S/C13H13F3IN3O2/c1-12(2,3)22-11(21)20-9-6(13(14,15)16)4-18-10-8(9)7(17)5-19-10/h4-5H,1-3H3,(H2,18,19,20,21). The van der Waals surface area contributed by atoms with E-state index >= 15 is 0 Å². The summed E-state index contributed by atoms with van der Waals surface area (Å²) >= 11 is 1.87. The minimum atomic E-state index is -4.65. The van der Waals surface area contributed by atoms with Gasteiger partial charge in [-0.3, -0.25) is 5.32 Å². The zero-order valence-electron chi connectivity index (χ0n) is 11.9. The number of aromatic amines is 1. The van der Waals surface area contributed by atoms with E-state index in [1.54, 1.807) is 20.8 Å². The van der Waals surface area contributed by atoms with E-state index in [0.717, 1.165) is 0 Å². The van der Waals surface area contributed by atoms with Gasteiger partial charge in [0.2, 0.25) is 0 Å². The minimum absolute atomic E-state index is 0.196. The van der Waals surface area contributed by atoms with Gasteiger partial charge in [0.15, 0.2) is 0 Å². The topological polar surface area (TPSA) is 67.0 Å². The van der Waals surface area contributed by atoms with Crippen molar-refractivity contribution in [2.75, 3.05) is 5.32 Å². The zero-order chi connectivity index (χ0) is 16.7. The molecule has 2 N–H and O–H groups in total. The first-order valence-electron chi connectivity index (χ1n) is 6.22. The van der Waals surface area contributed by atoms with Gasteiger partial charge in [-0.05, 0) is 43.4 Å². The van der Waals surface area contributed by atoms with Crippen LogP contribution in [0.3, 0.4) is 0 Å². The van der Waals surface area contributed by atoms with Crippen LogP contribution in [0.5, 0.6) is 0 Å². The Hall–Kier alpha value is -1.52. The third kappa shape index (κ3) is 3.62. The largest absolute Gasteiger partial charge is 0.444 e. The lowest BCUT2D eigenvalue weighted by atomic mass is 10.1. The van der Waals surface area contributed by atoms with E-state index in [1.807, 2.05) is 22.6 Å². The molecule has 0 bridgehead atoms. The number of alkyl halides is 3. The fourth-order valence-corrected chi connectivity index (χ4v) is 2.49. The minimum Gasteiger partial charge on any atom is -0.444 e. The maximum Gasteiger partial charge on any atom is 0.419 e. The van der Waals surface area contributed by atoms with Gasteiger partial charge in [0, 0.05) is 16.0 Å². The van der Waals surface area contributed by atoms with Crippen LogP contribution in [0.2, 0.25) is 0 Å². The Morgan fingerprint density at radius 2 is 2.00 bits per heavy atom. The molecule has 120 valence electrons. The summed E-state index contributed by atoms with van der Waals surface area (Å²) in [6.45, 7) is 4.87. The number of hydrogen-bond acceptors (Lipinski definition) is 3. The smallest absolute Gasteiger partial charge is 0.419 e. The summed E-state index contributed by atoms with van der Waals surface area (Å²) in [7, 11) is 0. The Labute approximate surface area is 137 Å². The number of pyridine rings is 1. The van der Waals surface area contributed by atoms with Crippen LogP contribution in [0.1, 0.15) is 26.3 Å². The van der Waals surface area contributed by atoms with E-state index in [0.29, 0.717) is 9.77 Å². The second-order valence-corrected chi connectivity index (χ2v) is 6.69. The molecule has 0 aliphatic carbocycles. The highest BCUT2D eigenvalue weighted by Crippen LogP contribution is 2.39. The molecule has 0 saturated carbocycles. The summed E-state index contributed by atoms with van der Waals surface area (Å²) in [5.41, 5.74) is -1.95. The Bertz CT molecular complexity index is 720. The van der Waals surface area contributed by atoms with E-state index < -0.39 is 23.4 Å². The molecule has 0 unspecified atom stereocenters. The SMILES string of the molecule is CC(C)(C)OC(=O)Nc1c(C(F)(F)F)cnc2[nH]cc(I)c12. The van der Waals surface area contributed by atoms with Gasteiger partial charge in [-0.1, -0.05) is 0 Å². The van der Waals surface area contributed by atoms with Crippen LogP contribution in [0.4, 0.5) is 23.7 Å². The van der Waals surface area contributed by atoms with Gasteiger partial charge in [0.1, 0.15) is 11.2 Å². The summed E-state index contributed by atoms with van der Waals surface area (Å²) in [5.74, 6) is 0. The van der Waals surface area contributed by atoms with Crippen LogP contribution >= 0.6 is 22.6 Å². The number of hydrogen-bond donors (Lipinski definition) is 2. The second-order valence-electron chi connectivity index (χ2n) is 5.53. The Morgan fingerprint density at radius 3 is 2.55 bits per heavy atom. The predicted molar refractivity (Wildman–Crippen MR) is 83.7 cm³/mol. The van der Waals surface area contributed by atoms with Crippen LogP contribution in [0.25, 0.3) is 11.0 Å². The van der Waals surface area contributed by atoms with Crippen LogP contribution in [0.15, 0.2) is 12.4 Å². The second kappa shape index (κ2) is 5.60. The van der Waals surface area contributed by atoms with Gasteiger partial charge < -0.3 is 9.72 Å². The summed E-state index contributed by atoms with van der Waals surface area (Å²) in [4.78, 5) is 18.3. The molecule has 0 saturated heterocycles. The molecular formula is C13H13F3IN3O2. The Balaban J connectivity index is 2.53. The number of carbonyl (C=O) groups excluding carboxylic acids is 1. The number of ether oxygens (including phenoxy) is 1. The number of halogens is 4. The van der Waals surface area contributed by atoms with Gasteiger partial charge in [-0.2, -0.15) is 13.2 Å². The summed E-state index contributed by atoms with van der Waals surface area (Å²) in [5, 5.41) is 2.39. The van der Waals surface area contributed by atoms with Crippen molar-refractivity contribution >= 4 is 45.4 Å². The number of H-pyrrole nitrogens is 1. The molecule has 0 aliphatic rings.